The second-order valence-corrected chi connectivity index (χ2v) is 4.25. The molecule has 0 saturated heterocycles. The number of nitrogens with one attached hydrogen (secondary N) is 1. The summed E-state index contributed by atoms with van der Waals surface area (Å²) in [4.78, 5) is 4.27. The van der Waals surface area contributed by atoms with E-state index in [4.69, 9.17) is 11.6 Å². The van der Waals surface area contributed by atoms with Crippen LogP contribution in [0.5, 0.6) is 0 Å². The topological polar surface area (TPSA) is 24.9 Å². The van der Waals surface area contributed by atoms with Gasteiger partial charge in [-0.1, -0.05) is 35.9 Å². The van der Waals surface area contributed by atoms with Crippen LogP contribution in [0.3, 0.4) is 0 Å². The summed E-state index contributed by atoms with van der Waals surface area (Å²) in [5.41, 5.74) is 2.24. The molecule has 0 aliphatic carbocycles. The third-order valence-corrected chi connectivity index (χ3v) is 2.93. The highest BCUT2D eigenvalue weighted by Gasteiger charge is 1.98. The average Bonchev–Trinajstić information content (AvgIpc) is 2.38. The quantitative estimate of drug-likeness (QED) is 0.821. The van der Waals surface area contributed by atoms with Gasteiger partial charge < -0.3 is 5.32 Å². The number of aromatic nitrogens is 1. The molecular formula is C14H15ClN2. The Morgan fingerprint density at radius 1 is 1.06 bits per heavy atom. The molecule has 1 heterocycles. The molecule has 1 aromatic carbocycles. The van der Waals surface area contributed by atoms with E-state index in [0.717, 1.165) is 35.8 Å². The van der Waals surface area contributed by atoms with Crippen molar-refractivity contribution < 1.29 is 0 Å². The fourth-order valence-corrected chi connectivity index (χ4v) is 1.83. The normalized spacial score (nSPS) is 10.4. The van der Waals surface area contributed by atoms with Crippen LogP contribution in [0.25, 0.3) is 0 Å². The summed E-state index contributed by atoms with van der Waals surface area (Å²) in [6.07, 6.45) is 2.76. The Morgan fingerprint density at radius 2 is 1.88 bits per heavy atom. The van der Waals surface area contributed by atoms with Crippen molar-refractivity contribution in [1.29, 1.82) is 0 Å². The van der Waals surface area contributed by atoms with E-state index in [-0.39, 0.29) is 0 Å². The zero-order chi connectivity index (χ0) is 11.9. The Kier molecular flexibility index (Phi) is 4.54. The molecule has 2 nitrogen and oxygen atoms in total. The van der Waals surface area contributed by atoms with E-state index in [1.54, 1.807) is 0 Å². The highest BCUT2D eigenvalue weighted by Crippen LogP contribution is 2.14. The maximum Gasteiger partial charge on any atom is 0.0450 e. The number of benzene rings is 1. The lowest BCUT2D eigenvalue weighted by Gasteiger charge is -2.06. The molecule has 0 aliphatic rings. The van der Waals surface area contributed by atoms with Crippen molar-refractivity contribution in [3.63, 3.8) is 0 Å². The molecule has 88 valence electrons. The predicted molar refractivity (Wildman–Crippen MR) is 71.1 cm³/mol. The predicted octanol–water partition coefficient (Wildman–Crippen LogP) is 3.07. The van der Waals surface area contributed by atoms with E-state index >= 15 is 0 Å². The molecule has 3 heteroatoms. The number of halogens is 1. The van der Waals surface area contributed by atoms with Crippen LogP contribution in [-0.2, 0) is 13.0 Å². The first-order valence-corrected chi connectivity index (χ1v) is 6.08. The lowest BCUT2D eigenvalue weighted by Crippen LogP contribution is -2.17. The van der Waals surface area contributed by atoms with Gasteiger partial charge in [-0.3, -0.25) is 4.98 Å². The summed E-state index contributed by atoms with van der Waals surface area (Å²) in [5.74, 6) is 0. The summed E-state index contributed by atoms with van der Waals surface area (Å²) in [5, 5.41) is 4.18. The molecule has 2 rings (SSSR count). The molecule has 0 unspecified atom stereocenters. The third-order valence-electron chi connectivity index (χ3n) is 2.56. The van der Waals surface area contributed by atoms with Crippen molar-refractivity contribution in [2.24, 2.45) is 0 Å². The van der Waals surface area contributed by atoms with Gasteiger partial charge >= 0.3 is 0 Å². The second kappa shape index (κ2) is 6.38. The van der Waals surface area contributed by atoms with Gasteiger partial charge in [0.25, 0.3) is 0 Å². The van der Waals surface area contributed by atoms with Gasteiger partial charge in [-0.05, 0) is 23.8 Å². The highest BCUT2D eigenvalue weighted by atomic mass is 35.5. The minimum atomic E-state index is 0.798. The molecule has 2 aromatic rings. The van der Waals surface area contributed by atoms with E-state index < -0.39 is 0 Å². The molecule has 1 N–H and O–H groups in total. The second-order valence-electron chi connectivity index (χ2n) is 3.84. The Labute approximate surface area is 107 Å². The van der Waals surface area contributed by atoms with Gasteiger partial charge in [0.2, 0.25) is 0 Å². The number of hydrogen-bond acceptors (Lipinski definition) is 2. The first-order valence-electron chi connectivity index (χ1n) is 5.70. The van der Waals surface area contributed by atoms with E-state index in [1.165, 1.54) is 0 Å². The standard InChI is InChI=1S/C14H15ClN2/c15-14-7-2-1-5-12(14)11-16-10-8-13-6-3-4-9-17-13/h1-7,9,16H,8,10-11H2. The van der Waals surface area contributed by atoms with Crippen LogP contribution < -0.4 is 5.32 Å². The Morgan fingerprint density at radius 3 is 2.65 bits per heavy atom. The molecule has 0 radical (unpaired) electrons. The van der Waals surface area contributed by atoms with Crippen LogP contribution in [0.2, 0.25) is 5.02 Å². The zero-order valence-electron chi connectivity index (χ0n) is 9.57. The molecule has 0 atom stereocenters. The summed E-state index contributed by atoms with van der Waals surface area (Å²) >= 11 is 6.07. The van der Waals surface area contributed by atoms with Crippen molar-refractivity contribution in [2.45, 2.75) is 13.0 Å². The average molecular weight is 247 g/mol. The van der Waals surface area contributed by atoms with E-state index in [9.17, 15) is 0 Å². The monoisotopic (exact) mass is 246 g/mol. The fraction of sp³-hybridized carbons (Fsp3) is 0.214. The molecule has 0 amide bonds. The SMILES string of the molecule is Clc1ccccc1CNCCc1ccccn1. The van der Waals surface area contributed by atoms with Gasteiger partial charge in [0.1, 0.15) is 0 Å². The van der Waals surface area contributed by atoms with Gasteiger partial charge in [-0.25, -0.2) is 0 Å². The Bertz CT molecular complexity index is 457. The van der Waals surface area contributed by atoms with Gasteiger partial charge in [-0.15, -0.1) is 0 Å². The zero-order valence-corrected chi connectivity index (χ0v) is 10.3. The number of hydrogen-bond donors (Lipinski definition) is 1. The molecule has 1 aromatic heterocycles. The summed E-state index contributed by atoms with van der Waals surface area (Å²) in [6.45, 7) is 1.70. The Balaban J connectivity index is 1.76. The summed E-state index contributed by atoms with van der Waals surface area (Å²) < 4.78 is 0. The maximum absolute atomic E-state index is 6.07. The van der Waals surface area contributed by atoms with Crippen LogP contribution in [0, 0.1) is 0 Å². The smallest absolute Gasteiger partial charge is 0.0450 e. The number of nitrogens with zero attached hydrogens (tertiary/aromatic N) is 1. The molecular weight excluding hydrogens is 232 g/mol. The first-order chi connectivity index (χ1) is 8.36. The van der Waals surface area contributed by atoms with E-state index in [2.05, 4.69) is 10.3 Å². The molecule has 0 saturated carbocycles. The molecule has 0 bridgehead atoms. The van der Waals surface area contributed by atoms with Crippen LogP contribution in [0.4, 0.5) is 0 Å². The Hall–Kier alpha value is -1.38. The number of rotatable bonds is 5. The lowest BCUT2D eigenvalue weighted by atomic mass is 10.2. The largest absolute Gasteiger partial charge is 0.312 e. The van der Waals surface area contributed by atoms with Crippen molar-refractivity contribution in [3.8, 4) is 0 Å². The van der Waals surface area contributed by atoms with Crippen LogP contribution in [-0.4, -0.2) is 11.5 Å². The first kappa shape index (κ1) is 12.1. The van der Waals surface area contributed by atoms with Crippen molar-refractivity contribution in [2.75, 3.05) is 6.54 Å². The van der Waals surface area contributed by atoms with Gasteiger partial charge in [-0.2, -0.15) is 0 Å². The molecule has 0 spiro atoms. The molecule has 0 fully saturated rings. The van der Waals surface area contributed by atoms with Crippen molar-refractivity contribution in [3.05, 3.63) is 64.9 Å². The van der Waals surface area contributed by atoms with Crippen LogP contribution >= 0.6 is 11.6 Å². The number of pyridine rings is 1. The summed E-state index contributed by atoms with van der Waals surface area (Å²) in [7, 11) is 0. The molecule has 17 heavy (non-hydrogen) atoms. The van der Waals surface area contributed by atoms with E-state index in [1.807, 2.05) is 48.7 Å². The van der Waals surface area contributed by atoms with Gasteiger partial charge in [0, 0.05) is 36.4 Å². The van der Waals surface area contributed by atoms with Gasteiger partial charge in [0.05, 0.1) is 0 Å². The van der Waals surface area contributed by atoms with Crippen molar-refractivity contribution in [1.82, 2.24) is 10.3 Å². The molecule has 0 aliphatic heterocycles. The fourth-order valence-electron chi connectivity index (χ4n) is 1.63. The minimum absolute atomic E-state index is 0.798. The van der Waals surface area contributed by atoms with E-state index in [0.29, 0.717) is 0 Å². The highest BCUT2D eigenvalue weighted by molar-refractivity contribution is 6.31. The maximum atomic E-state index is 6.07. The van der Waals surface area contributed by atoms with Gasteiger partial charge in [0.15, 0.2) is 0 Å². The van der Waals surface area contributed by atoms with Crippen LogP contribution in [0.15, 0.2) is 48.7 Å². The van der Waals surface area contributed by atoms with Crippen LogP contribution in [0.1, 0.15) is 11.3 Å². The third kappa shape index (κ3) is 3.84. The lowest BCUT2D eigenvalue weighted by molar-refractivity contribution is 0.680. The minimum Gasteiger partial charge on any atom is -0.312 e. The van der Waals surface area contributed by atoms with Crippen molar-refractivity contribution >= 4 is 11.6 Å². The summed E-state index contributed by atoms with van der Waals surface area (Å²) in [6, 6.07) is 13.9.